The highest BCUT2D eigenvalue weighted by molar-refractivity contribution is 5.98. The Kier molecular flexibility index (Phi) is 17.0. The molecule has 2 heterocycles. The van der Waals surface area contributed by atoms with Crippen molar-refractivity contribution in [1.82, 2.24) is 41.2 Å². The van der Waals surface area contributed by atoms with Gasteiger partial charge in [-0.3, -0.25) is 19.2 Å². The van der Waals surface area contributed by atoms with Gasteiger partial charge in [-0.2, -0.15) is 0 Å². The van der Waals surface area contributed by atoms with Crippen LogP contribution in [0.1, 0.15) is 113 Å². The zero-order valence-corrected chi connectivity index (χ0v) is 32.3. The molecule has 54 heavy (non-hydrogen) atoms. The molecule has 0 spiro atoms. The van der Waals surface area contributed by atoms with E-state index in [0.29, 0.717) is 24.2 Å². The van der Waals surface area contributed by atoms with Crippen LogP contribution < -0.4 is 21.3 Å². The summed E-state index contributed by atoms with van der Waals surface area (Å²) >= 11 is 0. The maximum atomic E-state index is 13.1. The highest BCUT2D eigenvalue weighted by Crippen LogP contribution is 2.19. The van der Waals surface area contributed by atoms with E-state index in [4.69, 9.17) is 0 Å². The summed E-state index contributed by atoms with van der Waals surface area (Å²) in [6, 6.07) is 13.3. The van der Waals surface area contributed by atoms with Gasteiger partial charge in [-0.1, -0.05) is 103 Å². The third-order valence-electron chi connectivity index (χ3n) is 10.2. The van der Waals surface area contributed by atoms with Crippen LogP contribution in [0, 0.1) is 11.8 Å². The first kappa shape index (κ1) is 41.5. The minimum absolute atomic E-state index is 0.00321. The normalized spacial score (nSPS) is 13.3. The van der Waals surface area contributed by atoms with Gasteiger partial charge in [0.05, 0.1) is 36.4 Å². The van der Waals surface area contributed by atoms with Gasteiger partial charge in [-0.05, 0) is 60.1 Å². The van der Waals surface area contributed by atoms with Crippen LogP contribution in [0.3, 0.4) is 0 Å². The number of carbonyl (C=O) groups excluding carboxylic acids is 4. The van der Waals surface area contributed by atoms with Crippen LogP contribution in [0.5, 0.6) is 0 Å². The van der Waals surface area contributed by atoms with Crippen LogP contribution >= 0.6 is 0 Å². The molecule has 0 saturated carbocycles. The molecule has 12 heteroatoms. The molecule has 6 N–H and O–H groups in total. The molecule has 12 nitrogen and oxygen atoms in total. The molecule has 4 aromatic rings. The number of aromatic nitrogens is 4. The molecule has 0 saturated heterocycles. The average molecular weight is 739 g/mol. The van der Waals surface area contributed by atoms with Crippen LogP contribution in [0.2, 0.25) is 0 Å². The van der Waals surface area contributed by atoms with Crippen molar-refractivity contribution in [2.75, 3.05) is 13.1 Å². The zero-order valence-electron chi connectivity index (χ0n) is 32.3. The second kappa shape index (κ2) is 22.1. The molecule has 290 valence electrons. The Morgan fingerprint density at radius 3 is 1.22 bits per heavy atom. The Hall–Kier alpha value is -5.26. The fourth-order valence-corrected chi connectivity index (χ4v) is 6.24. The van der Waals surface area contributed by atoms with Crippen molar-refractivity contribution in [2.24, 2.45) is 11.8 Å². The predicted octanol–water partition coefficient (Wildman–Crippen LogP) is 6.81. The Morgan fingerprint density at radius 2 is 0.907 bits per heavy atom. The van der Waals surface area contributed by atoms with Crippen molar-refractivity contribution in [3.8, 4) is 22.5 Å². The van der Waals surface area contributed by atoms with Crippen LogP contribution in [-0.4, -0.2) is 68.7 Å². The van der Waals surface area contributed by atoms with E-state index in [1.165, 1.54) is 0 Å². The van der Waals surface area contributed by atoms with Gasteiger partial charge in [0, 0.05) is 24.2 Å². The van der Waals surface area contributed by atoms with Gasteiger partial charge in [-0.15, -0.1) is 0 Å². The highest BCUT2D eigenvalue weighted by Gasteiger charge is 2.27. The van der Waals surface area contributed by atoms with Gasteiger partial charge in [0.15, 0.2) is 0 Å². The molecule has 0 aliphatic rings. The Bertz CT molecular complexity index is 1580. The van der Waals surface area contributed by atoms with E-state index in [1.807, 2.05) is 52.0 Å². The van der Waals surface area contributed by atoms with Crippen LogP contribution in [0.15, 0.2) is 73.6 Å². The number of rotatable bonds is 23. The molecule has 2 aromatic heterocycles. The van der Waals surface area contributed by atoms with Gasteiger partial charge in [0.1, 0.15) is 12.1 Å². The molecular formula is C42H58N8O4. The maximum Gasteiger partial charge on any atom is 0.251 e. The summed E-state index contributed by atoms with van der Waals surface area (Å²) in [5.74, 6) is -0.828. The Labute approximate surface area is 319 Å². The summed E-state index contributed by atoms with van der Waals surface area (Å²) in [5, 5.41) is 12.0. The Morgan fingerprint density at radius 1 is 0.556 bits per heavy atom. The lowest BCUT2D eigenvalue weighted by Crippen LogP contribution is -2.50. The van der Waals surface area contributed by atoms with Gasteiger partial charge in [-0.25, -0.2) is 9.97 Å². The molecule has 0 bridgehead atoms. The van der Waals surface area contributed by atoms with Crippen LogP contribution in [-0.2, 0) is 9.59 Å². The quantitative estimate of drug-likeness (QED) is 0.0456. The van der Waals surface area contributed by atoms with Crippen molar-refractivity contribution >= 4 is 23.6 Å². The van der Waals surface area contributed by atoms with E-state index in [1.54, 1.807) is 49.3 Å². The molecular weight excluding hydrogens is 681 g/mol. The van der Waals surface area contributed by atoms with E-state index in [2.05, 4.69) is 41.2 Å². The minimum Gasteiger partial charge on any atom is -0.354 e. The van der Waals surface area contributed by atoms with Crippen molar-refractivity contribution in [3.63, 3.8) is 0 Å². The topological polar surface area (TPSA) is 174 Å². The number of hydrogen-bond donors (Lipinski definition) is 6. The number of unbranched alkanes of at least 4 members (excludes halogenated alkanes) is 7. The van der Waals surface area contributed by atoms with Gasteiger partial charge in [0.25, 0.3) is 11.8 Å². The highest BCUT2D eigenvalue weighted by atomic mass is 16.2. The largest absolute Gasteiger partial charge is 0.354 e. The average Bonchev–Trinajstić information content (AvgIpc) is 3.95. The number of benzene rings is 2. The lowest BCUT2D eigenvalue weighted by atomic mass is 9.97. The first-order chi connectivity index (χ1) is 26.2. The SMILES string of the molecule is CCC(C)[C@H](NC(=O)c1ccc(-c2cnc[nH]2)cc1)C(=O)NCCCCCCCCCCNC(=O)[C@@H](NC(=O)c1ccc(-c2cnc[nH]2)cc1)C(C)CC. The van der Waals surface area contributed by atoms with E-state index in [0.717, 1.165) is 86.7 Å². The molecule has 0 aliphatic carbocycles. The fraction of sp³-hybridized carbons (Fsp3) is 0.476. The maximum absolute atomic E-state index is 13.1. The molecule has 0 fully saturated rings. The monoisotopic (exact) mass is 738 g/mol. The smallest absolute Gasteiger partial charge is 0.251 e. The molecule has 4 amide bonds. The fourth-order valence-electron chi connectivity index (χ4n) is 6.24. The number of nitrogens with zero attached hydrogens (tertiary/aromatic N) is 2. The van der Waals surface area contributed by atoms with Crippen LogP contribution in [0.25, 0.3) is 22.5 Å². The molecule has 4 rings (SSSR count). The van der Waals surface area contributed by atoms with E-state index in [-0.39, 0.29) is 35.5 Å². The zero-order chi connectivity index (χ0) is 38.7. The summed E-state index contributed by atoms with van der Waals surface area (Å²) in [7, 11) is 0. The number of amides is 4. The van der Waals surface area contributed by atoms with Crippen LogP contribution in [0.4, 0.5) is 0 Å². The standard InChI is InChI=1S/C42H58N8O4/c1-5-29(3)37(49-39(51)33-19-15-31(16-20-33)35-25-43-27-47-35)41(53)45-23-13-11-9-7-8-10-12-14-24-46-42(54)38(30(4)6-2)50-40(52)34-21-17-32(18-22-34)36-26-44-28-48-36/h15-22,25-30,37-38H,5-14,23-24H2,1-4H3,(H,43,47)(H,44,48)(H,45,53)(H,46,54)(H,49,51)(H,50,52)/t29?,30?,37-,38-/m0/s1. The van der Waals surface area contributed by atoms with Crippen molar-refractivity contribution in [2.45, 2.75) is 104 Å². The second-order valence-corrected chi connectivity index (χ2v) is 14.2. The lowest BCUT2D eigenvalue weighted by molar-refractivity contribution is -0.124. The third-order valence-corrected chi connectivity index (χ3v) is 10.2. The summed E-state index contributed by atoms with van der Waals surface area (Å²) in [6.07, 6.45) is 16.5. The first-order valence-corrected chi connectivity index (χ1v) is 19.6. The van der Waals surface area contributed by atoms with E-state index in [9.17, 15) is 19.2 Å². The summed E-state index contributed by atoms with van der Waals surface area (Å²) in [5.41, 5.74) is 4.62. The van der Waals surface area contributed by atoms with E-state index >= 15 is 0 Å². The number of carbonyl (C=O) groups is 4. The number of H-pyrrole nitrogens is 2. The minimum atomic E-state index is -0.601. The summed E-state index contributed by atoms with van der Waals surface area (Å²) < 4.78 is 0. The Balaban J connectivity index is 1.06. The number of imidazole rings is 2. The third kappa shape index (κ3) is 12.7. The lowest BCUT2D eigenvalue weighted by Gasteiger charge is -2.23. The molecule has 2 unspecified atom stereocenters. The second-order valence-electron chi connectivity index (χ2n) is 14.2. The molecule has 0 radical (unpaired) electrons. The van der Waals surface area contributed by atoms with Crippen molar-refractivity contribution in [1.29, 1.82) is 0 Å². The number of hydrogen-bond acceptors (Lipinski definition) is 6. The first-order valence-electron chi connectivity index (χ1n) is 19.6. The summed E-state index contributed by atoms with van der Waals surface area (Å²) in [4.78, 5) is 66.3. The predicted molar refractivity (Wildman–Crippen MR) is 212 cm³/mol. The molecule has 0 aliphatic heterocycles. The number of nitrogens with one attached hydrogen (secondary N) is 6. The van der Waals surface area contributed by atoms with Crippen molar-refractivity contribution in [3.05, 3.63) is 84.7 Å². The van der Waals surface area contributed by atoms with E-state index < -0.39 is 12.1 Å². The molecule has 4 atom stereocenters. The van der Waals surface area contributed by atoms with Gasteiger partial charge >= 0.3 is 0 Å². The molecule has 2 aromatic carbocycles. The summed E-state index contributed by atoms with van der Waals surface area (Å²) in [6.45, 7) is 9.16. The van der Waals surface area contributed by atoms with Gasteiger partial charge < -0.3 is 31.2 Å². The van der Waals surface area contributed by atoms with Gasteiger partial charge in [0.2, 0.25) is 11.8 Å². The number of aromatic amines is 2. The van der Waals surface area contributed by atoms with Crippen molar-refractivity contribution < 1.29 is 19.2 Å².